The molecule has 0 aliphatic heterocycles. The van der Waals surface area contributed by atoms with Crippen molar-refractivity contribution in [3.63, 3.8) is 0 Å². The van der Waals surface area contributed by atoms with E-state index in [1.807, 2.05) is 31.2 Å². The zero-order valence-electron chi connectivity index (χ0n) is 11.7. The van der Waals surface area contributed by atoms with Crippen LogP contribution in [0.15, 0.2) is 29.4 Å². The Hall–Kier alpha value is -1.53. The molecule has 0 radical (unpaired) electrons. The van der Waals surface area contributed by atoms with Crippen molar-refractivity contribution in [1.82, 2.24) is 15.3 Å². The molecule has 0 aliphatic carbocycles. The number of imidazole rings is 1. The maximum Gasteiger partial charge on any atom is 0.233 e. The first kappa shape index (κ1) is 14.9. The number of fused-ring (bicyclic) bond motifs is 1. The molecule has 0 spiro atoms. The van der Waals surface area contributed by atoms with Crippen molar-refractivity contribution >= 4 is 28.7 Å². The minimum absolute atomic E-state index is 0.0200. The highest BCUT2D eigenvalue weighted by molar-refractivity contribution is 8.00. The van der Waals surface area contributed by atoms with Gasteiger partial charge in [-0.15, -0.1) is 0 Å². The number of nitrogens with zero attached hydrogens (tertiary/aromatic N) is 1. The van der Waals surface area contributed by atoms with Gasteiger partial charge in [0.15, 0.2) is 5.16 Å². The molecule has 1 aromatic carbocycles. The van der Waals surface area contributed by atoms with Gasteiger partial charge >= 0.3 is 0 Å². The van der Waals surface area contributed by atoms with E-state index in [0.717, 1.165) is 22.6 Å². The maximum atomic E-state index is 11.9. The van der Waals surface area contributed by atoms with Gasteiger partial charge < -0.3 is 15.0 Å². The zero-order valence-corrected chi connectivity index (χ0v) is 12.5. The molecule has 2 N–H and O–H groups in total. The summed E-state index contributed by atoms with van der Waals surface area (Å²) in [6.07, 6.45) is 0.824. The second-order valence-electron chi connectivity index (χ2n) is 4.46. The normalized spacial score (nSPS) is 12.5. The number of benzene rings is 1. The average molecular weight is 293 g/mol. The minimum atomic E-state index is -0.182. The van der Waals surface area contributed by atoms with Crippen LogP contribution in [0.3, 0.4) is 0 Å². The molecule has 5 nitrogen and oxygen atoms in total. The number of ether oxygens (including phenoxy) is 1. The highest BCUT2D eigenvalue weighted by Crippen LogP contribution is 2.23. The fourth-order valence-corrected chi connectivity index (χ4v) is 2.62. The van der Waals surface area contributed by atoms with Crippen molar-refractivity contribution in [2.45, 2.75) is 23.8 Å². The summed E-state index contributed by atoms with van der Waals surface area (Å²) in [5.41, 5.74) is 1.91. The van der Waals surface area contributed by atoms with Crippen LogP contribution >= 0.6 is 11.8 Å². The number of thioether (sulfide) groups is 1. The Balaban J connectivity index is 1.86. The standard InChI is InChI=1S/C14H19N3O2S/c1-10(13(18)15-8-5-9-19-2)20-14-16-11-6-3-4-7-12(11)17-14/h3-4,6-7,10H,5,8-9H2,1-2H3,(H,15,18)(H,16,17). The first-order valence-electron chi connectivity index (χ1n) is 6.59. The first-order chi connectivity index (χ1) is 9.70. The molecule has 0 fully saturated rings. The molecule has 108 valence electrons. The van der Waals surface area contributed by atoms with Crippen LogP contribution < -0.4 is 5.32 Å². The van der Waals surface area contributed by atoms with E-state index in [9.17, 15) is 4.79 Å². The number of nitrogens with one attached hydrogen (secondary N) is 2. The molecule has 1 atom stereocenters. The number of H-pyrrole nitrogens is 1. The van der Waals surface area contributed by atoms with E-state index in [2.05, 4.69) is 15.3 Å². The number of amides is 1. The van der Waals surface area contributed by atoms with Crippen LogP contribution in [0.4, 0.5) is 0 Å². The van der Waals surface area contributed by atoms with Crippen molar-refractivity contribution < 1.29 is 9.53 Å². The summed E-state index contributed by atoms with van der Waals surface area (Å²) in [5.74, 6) is 0.0200. The SMILES string of the molecule is COCCCNC(=O)C(C)Sc1nc2ccccc2[nH]1. The van der Waals surface area contributed by atoms with E-state index < -0.39 is 0 Å². The third-order valence-corrected chi connectivity index (χ3v) is 3.83. The smallest absolute Gasteiger partial charge is 0.233 e. The lowest BCUT2D eigenvalue weighted by molar-refractivity contribution is -0.120. The van der Waals surface area contributed by atoms with Gasteiger partial charge in [0.2, 0.25) is 5.91 Å². The van der Waals surface area contributed by atoms with Crippen molar-refractivity contribution in [2.24, 2.45) is 0 Å². The van der Waals surface area contributed by atoms with Crippen molar-refractivity contribution in [3.05, 3.63) is 24.3 Å². The molecule has 1 amide bonds. The van der Waals surface area contributed by atoms with Crippen molar-refractivity contribution in [2.75, 3.05) is 20.3 Å². The number of para-hydroxylation sites is 2. The molecule has 6 heteroatoms. The van der Waals surface area contributed by atoms with Crippen LogP contribution in [0.2, 0.25) is 0 Å². The number of aromatic nitrogens is 2. The lowest BCUT2D eigenvalue weighted by Crippen LogP contribution is -2.32. The zero-order chi connectivity index (χ0) is 14.4. The fraction of sp³-hybridized carbons (Fsp3) is 0.429. The number of rotatable bonds is 7. The molecule has 2 aromatic rings. The van der Waals surface area contributed by atoms with Crippen LogP contribution in [0.5, 0.6) is 0 Å². The molecular weight excluding hydrogens is 274 g/mol. The highest BCUT2D eigenvalue weighted by atomic mass is 32.2. The van der Waals surface area contributed by atoms with E-state index in [1.54, 1.807) is 7.11 Å². The van der Waals surface area contributed by atoms with Crippen molar-refractivity contribution in [1.29, 1.82) is 0 Å². The molecule has 0 saturated carbocycles. The number of hydrogen-bond acceptors (Lipinski definition) is 4. The highest BCUT2D eigenvalue weighted by Gasteiger charge is 2.15. The lowest BCUT2D eigenvalue weighted by Gasteiger charge is -2.10. The van der Waals surface area contributed by atoms with Gasteiger partial charge in [0.05, 0.1) is 16.3 Å². The number of hydrogen-bond donors (Lipinski definition) is 2. The monoisotopic (exact) mass is 293 g/mol. The van der Waals surface area contributed by atoms with E-state index >= 15 is 0 Å². The van der Waals surface area contributed by atoms with Crippen LogP contribution in [0.1, 0.15) is 13.3 Å². The topological polar surface area (TPSA) is 67.0 Å². The Labute approximate surface area is 122 Å². The predicted octanol–water partition coefficient (Wildman–Crippen LogP) is 2.20. The summed E-state index contributed by atoms with van der Waals surface area (Å²) in [6, 6.07) is 7.83. The van der Waals surface area contributed by atoms with Crippen LogP contribution in [-0.2, 0) is 9.53 Å². The Morgan fingerprint density at radius 3 is 3.05 bits per heavy atom. The second-order valence-corrected chi connectivity index (χ2v) is 5.79. The largest absolute Gasteiger partial charge is 0.385 e. The predicted molar refractivity (Wildman–Crippen MR) is 80.9 cm³/mol. The van der Waals surface area contributed by atoms with E-state index in [0.29, 0.717) is 13.2 Å². The Morgan fingerprint density at radius 1 is 1.50 bits per heavy atom. The third kappa shape index (κ3) is 3.98. The molecule has 0 aliphatic rings. The molecule has 1 aromatic heterocycles. The van der Waals surface area contributed by atoms with E-state index in [4.69, 9.17) is 4.74 Å². The van der Waals surface area contributed by atoms with Gasteiger partial charge in [0.25, 0.3) is 0 Å². The third-order valence-electron chi connectivity index (χ3n) is 2.85. The van der Waals surface area contributed by atoms with Gasteiger partial charge in [-0.25, -0.2) is 4.98 Å². The number of carbonyl (C=O) groups is 1. The second kappa shape index (κ2) is 7.31. The summed E-state index contributed by atoms with van der Waals surface area (Å²) in [6.45, 7) is 3.17. The molecule has 0 saturated heterocycles. The Bertz CT molecular complexity index is 537. The van der Waals surface area contributed by atoms with Gasteiger partial charge in [0.1, 0.15) is 0 Å². The summed E-state index contributed by atoms with van der Waals surface area (Å²) >= 11 is 1.43. The molecule has 20 heavy (non-hydrogen) atoms. The minimum Gasteiger partial charge on any atom is -0.385 e. The van der Waals surface area contributed by atoms with Gasteiger partial charge in [0, 0.05) is 20.3 Å². The average Bonchev–Trinajstić information content (AvgIpc) is 2.85. The summed E-state index contributed by atoms with van der Waals surface area (Å²) in [7, 11) is 1.65. The molecular formula is C14H19N3O2S. The fourth-order valence-electron chi connectivity index (χ4n) is 1.78. The molecule has 1 unspecified atom stereocenters. The van der Waals surface area contributed by atoms with Gasteiger partial charge in [-0.2, -0.15) is 0 Å². The summed E-state index contributed by atoms with van der Waals surface area (Å²) in [4.78, 5) is 19.6. The maximum absolute atomic E-state index is 11.9. The van der Waals surface area contributed by atoms with Crippen LogP contribution in [0, 0.1) is 0 Å². The quantitative estimate of drug-likeness (QED) is 0.606. The van der Waals surface area contributed by atoms with Crippen LogP contribution in [-0.4, -0.2) is 41.4 Å². The number of aromatic amines is 1. The van der Waals surface area contributed by atoms with Crippen molar-refractivity contribution in [3.8, 4) is 0 Å². The Kier molecular flexibility index (Phi) is 5.43. The molecule has 2 rings (SSSR count). The number of methoxy groups -OCH3 is 1. The summed E-state index contributed by atoms with van der Waals surface area (Å²) < 4.78 is 4.94. The summed E-state index contributed by atoms with van der Waals surface area (Å²) in [5, 5.41) is 3.48. The van der Waals surface area contributed by atoms with Gasteiger partial charge in [-0.1, -0.05) is 23.9 Å². The van der Waals surface area contributed by atoms with Gasteiger partial charge in [-0.05, 0) is 25.5 Å². The van der Waals surface area contributed by atoms with Gasteiger partial charge in [-0.3, -0.25) is 4.79 Å². The van der Waals surface area contributed by atoms with E-state index in [-0.39, 0.29) is 11.2 Å². The first-order valence-corrected chi connectivity index (χ1v) is 7.46. The van der Waals surface area contributed by atoms with E-state index in [1.165, 1.54) is 11.8 Å². The molecule has 1 heterocycles. The molecule has 0 bridgehead atoms. The number of carbonyl (C=O) groups excluding carboxylic acids is 1. The lowest BCUT2D eigenvalue weighted by atomic mass is 10.3. The Morgan fingerprint density at radius 2 is 2.30 bits per heavy atom. The van der Waals surface area contributed by atoms with Crippen LogP contribution in [0.25, 0.3) is 11.0 Å².